The summed E-state index contributed by atoms with van der Waals surface area (Å²) in [4.78, 5) is 37.2. The van der Waals surface area contributed by atoms with Crippen LogP contribution in [-0.4, -0.2) is 42.4 Å². The van der Waals surface area contributed by atoms with Gasteiger partial charge >= 0.3 is 18.0 Å². The van der Waals surface area contributed by atoms with E-state index < -0.39 is 35.8 Å². The van der Waals surface area contributed by atoms with Crippen molar-refractivity contribution in [2.75, 3.05) is 6.61 Å². The first-order chi connectivity index (χ1) is 14.5. The highest BCUT2D eigenvalue weighted by Gasteiger charge is 2.28. The Balaban J connectivity index is 2.86. The number of carbonyl (C=O) groups excluding carboxylic acids is 3. The van der Waals surface area contributed by atoms with Gasteiger partial charge in [-0.25, -0.2) is 9.59 Å². The third kappa shape index (κ3) is 11.8. The smallest absolute Gasteiger partial charge is 0.407 e. The average Bonchev–Trinajstić information content (AvgIpc) is 2.64. The molecule has 0 saturated carbocycles. The fraction of sp³-hybridized carbons (Fsp3) is 0.542. The molecule has 7 heteroatoms. The minimum Gasteiger partial charge on any atom is -0.459 e. The molecule has 1 unspecified atom stereocenters. The Morgan fingerprint density at radius 2 is 1.77 bits per heavy atom. The van der Waals surface area contributed by atoms with Crippen molar-refractivity contribution in [3.8, 4) is 0 Å². The van der Waals surface area contributed by atoms with E-state index in [-0.39, 0.29) is 18.9 Å². The zero-order chi connectivity index (χ0) is 23.4. The predicted octanol–water partition coefficient (Wildman–Crippen LogP) is 4.20. The molecule has 31 heavy (non-hydrogen) atoms. The Morgan fingerprint density at radius 3 is 2.32 bits per heavy atom. The van der Waals surface area contributed by atoms with Crippen LogP contribution >= 0.6 is 0 Å². The molecule has 0 aromatic heterocycles. The average molecular weight is 434 g/mol. The maximum Gasteiger partial charge on any atom is 0.407 e. The number of ether oxygens (including phenoxy) is 3. The number of carbonyl (C=O) groups is 3. The van der Waals surface area contributed by atoms with Crippen molar-refractivity contribution in [2.45, 2.75) is 71.6 Å². The Kier molecular flexibility index (Phi) is 10.8. The number of rotatable bonds is 11. The van der Waals surface area contributed by atoms with Crippen molar-refractivity contribution < 1.29 is 28.6 Å². The predicted molar refractivity (Wildman–Crippen MR) is 118 cm³/mol. The topological polar surface area (TPSA) is 90.9 Å². The summed E-state index contributed by atoms with van der Waals surface area (Å²) in [5, 5.41) is 2.74. The van der Waals surface area contributed by atoms with Gasteiger partial charge in [-0.1, -0.05) is 56.8 Å². The van der Waals surface area contributed by atoms with Crippen molar-refractivity contribution in [3.63, 3.8) is 0 Å². The number of benzene rings is 1. The molecule has 0 aliphatic carbocycles. The summed E-state index contributed by atoms with van der Waals surface area (Å²) in [6, 6.07) is 8.90. The molecule has 1 amide bonds. The number of hydrogen-bond donors (Lipinski definition) is 1. The molecule has 1 aromatic rings. The van der Waals surface area contributed by atoms with Crippen molar-refractivity contribution in [1.82, 2.24) is 5.32 Å². The summed E-state index contributed by atoms with van der Waals surface area (Å²) in [5.41, 5.74) is 0.277. The van der Waals surface area contributed by atoms with Gasteiger partial charge in [0.25, 0.3) is 0 Å². The highest BCUT2D eigenvalue weighted by molar-refractivity contribution is 5.80. The SMILES string of the molecule is C=CCOC(=O)[C@H](CC(C)C)OC(=O)CC(Cc1ccccc1)NC(=O)OC(C)(C)C. The number of nitrogens with one attached hydrogen (secondary N) is 1. The summed E-state index contributed by atoms with van der Waals surface area (Å²) >= 11 is 0. The number of hydrogen-bond acceptors (Lipinski definition) is 6. The van der Waals surface area contributed by atoms with Gasteiger partial charge in [0.2, 0.25) is 0 Å². The maximum atomic E-state index is 12.6. The Morgan fingerprint density at radius 1 is 1.13 bits per heavy atom. The van der Waals surface area contributed by atoms with Gasteiger partial charge in [-0.15, -0.1) is 0 Å². The summed E-state index contributed by atoms with van der Waals surface area (Å²) in [7, 11) is 0. The highest BCUT2D eigenvalue weighted by Crippen LogP contribution is 2.14. The van der Waals surface area contributed by atoms with E-state index in [9.17, 15) is 14.4 Å². The van der Waals surface area contributed by atoms with Crippen molar-refractivity contribution >= 4 is 18.0 Å². The summed E-state index contributed by atoms with van der Waals surface area (Å²) in [5.74, 6) is -1.09. The zero-order valence-electron chi connectivity index (χ0n) is 19.2. The fourth-order valence-corrected chi connectivity index (χ4v) is 2.81. The molecular formula is C24H35NO6. The van der Waals surface area contributed by atoms with Crippen LogP contribution in [0.3, 0.4) is 0 Å². The highest BCUT2D eigenvalue weighted by atomic mass is 16.6. The lowest BCUT2D eigenvalue weighted by molar-refractivity contribution is -0.168. The lowest BCUT2D eigenvalue weighted by Gasteiger charge is -2.24. The molecule has 7 nitrogen and oxygen atoms in total. The third-order valence-corrected chi connectivity index (χ3v) is 4.02. The van der Waals surface area contributed by atoms with Crippen LogP contribution in [0.25, 0.3) is 0 Å². The van der Waals surface area contributed by atoms with E-state index in [0.717, 1.165) is 5.56 Å². The molecule has 1 rings (SSSR count). The van der Waals surface area contributed by atoms with E-state index >= 15 is 0 Å². The van der Waals surface area contributed by atoms with Gasteiger partial charge in [0.1, 0.15) is 12.2 Å². The monoisotopic (exact) mass is 433 g/mol. The van der Waals surface area contributed by atoms with Gasteiger partial charge in [0.05, 0.1) is 6.42 Å². The molecule has 0 radical (unpaired) electrons. The molecular weight excluding hydrogens is 398 g/mol. The van der Waals surface area contributed by atoms with E-state index in [1.165, 1.54) is 6.08 Å². The van der Waals surface area contributed by atoms with Crippen LogP contribution in [0.2, 0.25) is 0 Å². The Bertz CT molecular complexity index is 723. The number of alkyl carbamates (subject to hydrolysis) is 1. The minimum atomic E-state index is -1.01. The van der Waals surface area contributed by atoms with Crippen LogP contribution in [0.4, 0.5) is 4.79 Å². The zero-order valence-corrected chi connectivity index (χ0v) is 19.2. The molecule has 0 aliphatic rings. The van der Waals surface area contributed by atoms with Crippen LogP contribution < -0.4 is 5.32 Å². The van der Waals surface area contributed by atoms with Crippen LogP contribution in [0, 0.1) is 5.92 Å². The van der Waals surface area contributed by atoms with E-state index in [4.69, 9.17) is 14.2 Å². The molecule has 1 N–H and O–H groups in total. The molecule has 0 bridgehead atoms. The second-order valence-corrected chi connectivity index (χ2v) is 8.76. The third-order valence-electron chi connectivity index (χ3n) is 4.02. The minimum absolute atomic E-state index is 0.0435. The molecule has 0 heterocycles. The standard InChI is InChI=1S/C24H35NO6/c1-7-13-29-22(27)20(14-17(2)3)30-21(26)16-19(15-18-11-9-8-10-12-18)25-23(28)31-24(4,5)6/h7-12,17,19-20H,1,13-16H2,2-6H3,(H,25,28)/t19?,20-/m0/s1. The molecule has 0 saturated heterocycles. The summed E-state index contributed by atoms with van der Waals surface area (Å²) in [6.07, 6.45) is 0.455. The van der Waals surface area contributed by atoms with E-state index in [1.54, 1.807) is 20.8 Å². The van der Waals surface area contributed by atoms with E-state index in [0.29, 0.717) is 12.8 Å². The quantitative estimate of drug-likeness (QED) is 0.319. The van der Waals surface area contributed by atoms with Crippen LogP contribution in [0.1, 0.15) is 53.0 Å². The first-order valence-electron chi connectivity index (χ1n) is 10.5. The first-order valence-corrected chi connectivity index (χ1v) is 10.5. The van der Waals surface area contributed by atoms with Crippen molar-refractivity contribution in [3.05, 3.63) is 48.6 Å². The normalized spacial score (nSPS) is 13.1. The van der Waals surface area contributed by atoms with Gasteiger partial charge in [-0.3, -0.25) is 4.79 Å². The number of amides is 1. The molecule has 172 valence electrons. The molecule has 2 atom stereocenters. The fourth-order valence-electron chi connectivity index (χ4n) is 2.81. The largest absolute Gasteiger partial charge is 0.459 e. The molecule has 0 aliphatic heterocycles. The van der Waals surface area contributed by atoms with Gasteiger partial charge in [-0.2, -0.15) is 0 Å². The Labute approximate surface area is 185 Å². The van der Waals surface area contributed by atoms with Gasteiger partial charge in [0, 0.05) is 6.04 Å². The van der Waals surface area contributed by atoms with Crippen LogP contribution in [0.5, 0.6) is 0 Å². The van der Waals surface area contributed by atoms with Crippen LogP contribution in [0.15, 0.2) is 43.0 Å². The second-order valence-electron chi connectivity index (χ2n) is 8.76. The summed E-state index contributed by atoms with van der Waals surface area (Å²) in [6.45, 7) is 12.7. The molecule has 0 fully saturated rings. The van der Waals surface area contributed by atoms with Crippen molar-refractivity contribution in [1.29, 1.82) is 0 Å². The number of esters is 2. The molecule has 0 spiro atoms. The lowest BCUT2D eigenvalue weighted by atomic mass is 10.0. The van der Waals surface area contributed by atoms with E-state index in [1.807, 2.05) is 44.2 Å². The van der Waals surface area contributed by atoms with Gasteiger partial charge in [-0.05, 0) is 45.1 Å². The summed E-state index contributed by atoms with van der Waals surface area (Å²) < 4.78 is 15.8. The van der Waals surface area contributed by atoms with Gasteiger partial charge < -0.3 is 19.5 Å². The molecule has 1 aromatic carbocycles. The maximum absolute atomic E-state index is 12.6. The first kappa shape index (κ1) is 26.2. The lowest BCUT2D eigenvalue weighted by Crippen LogP contribution is -2.42. The van der Waals surface area contributed by atoms with Gasteiger partial charge in [0.15, 0.2) is 6.10 Å². The Hall–Kier alpha value is -2.83. The van der Waals surface area contributed by atoms with E-state index in [2.05, 4.69) is 11.9 Å². The second kappa shape index (κ2) is 12.8. The van der Waals surface area contributed by atoms with Crippen LogP contribution in [-0.2, 0) is 30.2 Å². The van der Waals surface area contributed by atoms with Crippen molar-refractivity contribution in [2.24, 2.45) is 5.92 Å².